The molecule has 1 fully saturated rings. The van der Waals surface area contributed by atoms with Crippen molar-refractivity contribution in [1.29, 1.82) is 0 Å². The zero-order valence-corrected chi connectivity index (χ0v) is 10.7. The van der Waals surface area contributed by atoms with Crippen LogP contribution < -0.4 is 0 Å². The normalized spacial score (nSPS) is 23.8. The van der Waals surface area contributed by atoms with Gasteiger partial charge in [-0.15, -0.1) is 0 Å². The number of ether oxygens (including phenoxy) is 1. The lowest BCUT2D eigenvalue weighted by atomic mass is 10.2. The van der Waals surface area contributed by atoms with Gasteiger partial charge in [0.1, 0.15) is 0 Å². The van der Waals surface area contributed by atoms with E-state index >= 15 is 0 Å². The third kappa shape index (κ3) is 3.52. The molecule has 1 rings (SSSR count). The molecule has 0 aliphatic heterocycles. The second kappa shape index (κ2) is 5.79. The molecule has 18 heavy (non-hydrogen) atoms. The first kappa shape index (κ1) is 15.1. The number of hydrogen-bond acceptors (Lipinski definition) is 5. The van der Waals surface area contributed by atoms with Gasteiger partial charge in [-0.1, -0.05) is 0 Å². The average Bonchev–Trinajstić information content (AvgIpc) is 2.76. The molecule has 8 nitrogen and oxygen atoms in total. The number of esters is 1. The molecule has 1 saturated carbocycles. The van der Waals surface area contributed by atoms with Crippen LogP contribution in [0.1, 0.15) is 26.2 Å². The molecule has 0 bridgehead atoms. The predicted octanol–water partition coefficient (Wildman–Crippen LogP) is -0.134. The zero-order chi connectivity index (χ0) is 13.9. The summed E-state index contributed by atoms with van der Waals surface area (Å²) >= 11 is 0. The van der Waals surface area contributed by atoms with Crippen LogP contribution in [0.3, 0.4) is 0 Å². The standard InChI is InChI=1S/C9H16NO7P/c1-2-17-9(12)8(11)10(13)6-3-4-7(5-6)18(14,15)16/h6-7,13H,2-5H2,1H3,(H2,14,15,16). The molecule has 3 N–H and O–H groups in total. The minimum absolute atomic E-state index is 0.00812. The molecule has 1 aliphatic rings. The van der Waals surface area contributed by atoms with Gasteiger partial charge in [0.25, 0.3) is 0 Å². The van der Waals surface area contributed by atoms with E-state index in [4.69, 9.17) is 9.79 Å². The molecule has 0 heterocycles. The Kier molecular flexibility index (Phi) is 4.86. The SMILES string of the molecule is CCOC(=O)C(=O)N(O)C1CCC(P(=O)(O)O)C1. The molecule has 1 amide bonds. The molecule has 9 heteroatoms. The number of nitrogens with zero attached hydrogens (tertiary/aromatic N) is 1. The van der Waals surface area contributed by atoms with Crippen molar-refractivity contribution in [2.24, 2.45) is 0 Å². The monoisotopic (exact) mass is 281 g/mol. The lowest BCUT2D eigenvalue weighted by Gasteiger charge is -2.21. The van der Waals surface area contributed by atoms with Crippen LogP contribution in [0.25, 0.3) is 0 Å². The van der Waals surface area contributed by atoms with Gasteiger partial charge in [0, 0.05) is 0 Å². The van der Waals surface area contributed by atoms with E-state index in [9.17, 15) is 19.4 Å². The summed E-state index contributed by atoms with van der Waals surface area (Å²) in [5.74, 6) is -2.40. The van der Waals surface area contributed by atoms with E-state index in [0.29, 0.717) is 0 Å². The predicted molar refractivity (Wildman–Crippen MR) is 58.7 cm³/mol. The number of carbonyl (C=O) groups is 2. The summed E-state index contributed by atoms with van der Waals surface area (Å²) in [4.78, 5) is 40.4. The summed E-state index contributed by atoms with van der Waals surface area (Å²) in [6.07, 6.45) is 0.394. The van der Waals surface area contributed by atoms with E-state index in [1.807, 2.05) is 0 Å². The highest BCUT2D eigenvalue weighted by atomic mass is 31.2. The Labute approximate surface area is 104 Å². The van der Waals surface area contributed by atoms with E-state index in [1.54, 1.807) is 0 Å². The summed E-state index contributed by atoms with van der Waals surface area (Å²) in [7, 11) is -4.22. The Bertz CT molecular complexity index is 379. The van der Waals surface area contributed by atoms with Gasteiger partial charge in [-0.3, -0.25) is 14.6 Å². The van der Waals surface area contributed by atoms with Crippen LogP contribution in [-0.4, -0.2) is 50.2 Å². The first-order chi connectivity index (χ1) is 8.27. The van der Waals surface area contributed by atoms with Crippen molar-refractivity contribution in [3.63, 3.8) is 0 Å². The van der Waals surface area contributed by atoms with Gasteiger partial charge in [-0.05, 0) is 26.2 Å². The van der Waals surface area contributed by atoms with Gasteiger partial charge in [0.2, 0.25) is 0 Å². The summed E-state index contributed by atoms with van der Waals surface area (Å²) in [6, 6.07) is -0.764. The Balaban J connectivity index is 2.60. The van der Waals surface area contributed by atoms with E-state index < -0.39 is 31.2 Å². The van der Waals surface area contributed by atoms with E-state index in [0.717, 1.165) is 0 Å². The van der Waals surface area contributed by atoms with Gasteiger partial charge in [0.05, 0.1) is 18.3 Å². The first-order valence-electron chi connectivity index (χ1n) is 5.51. The fraction of sp³-hybridized carbons (Fsp3) is 0.778. The van der Waals surface area contributed by atoms with Crippen LogP contribution in [0.2, 0.25) is 0 Å². The van der Waals surface area contributed by atoms with Crippen LogP contribution in [0, 0.1) is 0 Å². The molecular weight excluding hydrogens is 265 g/mol. The second-order valence-electron chi connectivity index (χ2n) is 4.08. The largest absolute Gasteiger partial charge is 0.459 e. The lowest BCUT2D eigenvalue weighted by Crippen LogP contribution is -2.41. The number of hydroxylamine groups is 2. The molecular formula is C9H16NO7P. The van der Waals surface area contributed by atoms with Crippen molar-refractivity contribution in [1.82, 2.24) is 5.06 Å². The highest BCUT2D eigenvalue weighted by Crippen LogP contribution is 2.49. The highest BCUT2D eigenvalue weighted by molar-refractivity contribution is 7.52. The smallest absolute Gasteiger partial charge is 0.399 e. The number of rotatable bonds is 3. The summed E-state index contributed by atoms with van der Waals surface area (Å²) < 4.78 is 15.5. The van der Waals surface area contributed by atoms with Gasteiger partial charge in [-0.2, -0.15) is 0 Å². The lowest BCUT2D eigenvalue weighted by molar-refractivity contribution is -0.187. The van der Waals surface area contributed by atoms with Crippen LogP contribution in [0.15, 0.2) is 0 Å². The highest BCUT2D eigenvalue weighted by Gasteiger charge is 2.41. The summed E-state index contributed by atoms with van der Waals surface area (Å²) in [5.41, 5.74) is -0.882. The van der Waals surface area contributed by atoms with Crippen molar-refractivity contribution >= 4 is 19.5 Å². The fourth-order valence-corrected chi connectivity index (χ4v) is 2.92. The van der Waals surface area contributed by atoms with Crippen molar-refractivity contribution in [2.75, 3.05) is 6.61 Å². The van der Waals surface area contributed by atoms with Crippen molar-refractivity contribution < 1.29 is 33.9 Å². The van der Waals surface area contributed by atoms with Crippen molar-refractivity contribution in [3.05, 3.63) is 0 Å². The molecule has 0 radical (unpaired) electrons. The van der Waals surface area contributed by atoms with Gasteiger partial charge in [-0.25, -0.2) is 9.86 Å². The quantitative estimate of drug-likeness (QED) is 0.216. The Morgan fingerprint density at radius 3 is 2.44 bits per heavy atom. The van der Waals surface area contributed by atoms with E-state index in [-0.39, 0.29) is 30.9 Å². The van der Waals surface area contributed by atoms with Crippen molar-refractivity contribution in [2.45, 2.75) is 37.9 Å². The Hall–Kier alpha value is -0.950. The minimum atomic E-state index is -4.22. The van der Waals surface area contributed by atoms with Gasteiger partial charge in [0.15, 0.2) is 0 Å². The van der Waals surface area contributed by atoms with E-state index in [1.165, 1.54) is 6.92 Å². The fourth-order valence-electron chi connectivity index (χ4n) is 1.91. The van der Waals surface area contributed by atoms with Crippen LogP contribution in [0.4, 0.5) is 0 Å². The van der Waals surface area contributed by atoms with Crippen LogP contribution >= 0.6 is 7.60 Å². The Morgan fingerprint density at radius 2 is 2.00 bits per heavy atom. The maximum atomic E-state index is 11.4. The molecule has 0 spiro atoms. The number of hydrogen-bond donors (Lipinski definition) is 3. The number of amides is 1. The molecule has 0 saturated heterocycles. The second-order valence-corrected chi connectivity index (χ2v) is 5.99. The maximum Gasteiger partial charge on any atom is 0.399 e. The molecule has 1 aliphatic carbocycles. The average molecular weight is 281 g/mol. The number of carbonyl (C=O) groups excluding carboxylic acids is 2. The van der Waals surface area contributed by atoms with Crippen LogP contribution in [0.5, 0.6) is 0 Å². The Morgan fingerprint density at radius 1 is 1.39 bits per heavy atom. The molecule has 104 valence electrons. The third-order valence-electron chi connectivity index (χ3n) is 2.86. The zero-order valence-electron chi connectivity index (χ0n) is 9.85. The van der Waals surface area contributed by atoms with Gasteiger partial charge >= 0.3 is 19.5 Å². The molecule has 2 unspecified atom stereocenters. The first-order valence-corrected chi connectivity index (χ1v) is 7.20. The van der Waals surface area contributed by atoms with Gasteiger partial charge < -0.3 is 14.5 Å². The molecule has 0 aromatic heterocycles. The summed E-state index contributed by atoms with van der Waals surface area (Å²) in [6.45, 7) is 1.53. The summed E-state index contributed by atoms with van der Waals surface area (Å²) in [5, 5.41) is 9.74. The third-order valence-corrected chi connectivity index (χ3v) is 4.28. The topological polar surface area (TPSA) is 124 Å². The molecule has 2 atom stereocenters. The molecule has 0 aromatic carbocycles. The van der Waals surface area contributed by atoms with E-state index in [2.05, 4.69) is 4.74 Å². The molecule has 0 aromatic rings. The van der Waals surface area contributed by atoms with Crippen molar-refractivity contribution in [3.8, 4) is 0 Å². The minimum Gasteiger partial charge on any atom is -0.459 e. The van der Waals surface area contributed by atoms with Crippen LogP contribution in [-0.2, 0) is 18.9 Å². The maximum absolute atomic E-state index is 11.4.